The molecule has 5 N–H and O–H groups in total. The van der Waals surface area contributed by atoms with Crippen LogP contribution in [0, 0.1) is 0 Å². The minimum Gasteiger partial charge on any atom is -0.481 e. The third-order valence-electron chi connectivity index (χ3n) is 2.63. The monoisotopic (exact) mass is 280 g/mol. The van der Waals surface area contributed by atoms with E-state index in [-0.39, 0.29) is 6.42 Å². The molecule has 0 bridgehead atoms. The summed E-state index contributed by atoms with van der Waals surface area (Å²) in [5, 5.41) is 19.5. The van der Waals surface area contributed by atoms with Crippen molar-refractivity contribution in [3.8, 4) is 0 Å². The minimum atomic E-state index is -1.48. The van der Waals surface area contributed by atoms with Crippen LogP contribution in [0.5, 0.6) is 0 Å². The average Bonchev–Trinajstić information content (AvgIpc) is 2.38. The highest BCUT2D eigenvalue weighted by molar-refractivity contribution is 5.89. The number of carbonyl (C=O) groups is 3. The number of carboxylic acids is 2. The predicted octanol–water partition coefficient (Wildman–Crippen LogP) is -0.399. The van der Waals surface area contributed by atoms with Crippen LogP contribution in [0.1, 0.15) is 12.0 Å². The molecule has 7 nitrogen and oxygen atoms in total. The molecule has 0 saturated carbocycles. The summed E-state index contributed by atoms with van der Waals surface area (Å²) in [6.07, 6.45) is -0.453. The van der Waals surface area contributed by atoms with Gasteiger partial charge in [0.2, 0.25) is 5.91 Å². The summed E-state index contributed by atoms with van der Waals surface area (Å²) >= 11 is 0. The summed E-state index contributed by atoms with van der Waals surface area (Å²) in [7, 11) is 0. The number of amides is 1. The summed E-state index contributed by atoms with van der Waals surface area (Å²) in [5.41, 5.74) is 6.51. The largest absolute Gasteiger partial charge is 0.481 e. The van der Waals surface area contributed by atoms with Crippen LogP contribution in [0.25, 0.3) is 0 Å². The fraction of sp³-hybridized carbons (Fsp3) is 0.308. The molecule has 0 heterocycles. The Morgan fingerprint density at radius 3 is 2.25 bits per heavy atom. The maximum absolute atomic E-state index is 11.8. The maximum Gasteiger partial charge on any atom is 0.326 e. The molecule has 1 amide bonds. The average molecular weight is 280 g/mol. The lowest BCUT2D eigenvalue weighted by Crippen LogP contribution is -2.49. The number of carbonyl (C=O) groups excluding carboxylic acids is 1. The van der Waals surface area contributed by atoms with E-state index < -0.39 is 36.4 Å². The van der Waals surface area contributed by atoms with Gasteiger partial charge in [0.15, 0.2) is 0 Å². The van der Waals surface area contributed by atoms with Gasteiger partial charge in [-0.2, -0.15) is 0 Å². The van der Waals surface area contributed by atoms with Crippen molar-refractivity contribution in [1.29, 1.82) is 0 Å². The number of rotatable bonds is 7. The first-order valence-electron chi connectivity index (χ1n) is 5.94. The van der Waals surface area contributed by atoms with Gasteiger partial charge >= 0.3 is 11.9 Å². The van der Waals surface area contributed by atoms with Gasteiger partial charge < -0.3 is 21.3 Å². The van der Waals surface area contributed by atoms with Crippen molar-refractivity contribution in [3.63, 3.8) is 0 Å². The summed E-state index contributed by atoms with van der Waals surface area (Å²) in [5.74, 6) is -3.41. The topological polar surface area (TPSA) is 130 Å². The second-order valence-corrected chi connectivity index (χ2v) is 4.29. The zero-order valence-electron chi connectivity index (χ0n) is 10.7. The molecule has 1 rings (SSSR count). The van der Waals surface area contributed by atoms with Crippen molar-refractivity contribution < 1.29 is 24.6 Å². The molecule has 0 radical (unpaired) electrons. The van der Waals surface area contributed by atoms with Gasteiger partial charge in [0.05, 0.1) is 12.5 Å². The Hall–Kier alpha value is -2.41. The van der Waals surface area contributed by atoms with Crippen molar-refractivity contribution in [2.24, 2.45) is 5.73 Å². The lowest BCUT2D eigenvalue weighted by molar-refractivity contribution is -0.147. The van der Waals surface area contributed by atoms with Gasteiger partial charge in [0.25, 0.3) is 0 Å². The zero-order valence-corrected chi connectivity index (χ0v) is 10.7. The number of nitrogens with two attached hydrogens (primary N) is 1. The van der Waals surface area contributed by atoms with Crippen LogP contribution < -0.4 is 11.1 Å². The van der Waals surface area contributed by atoms with E-state index in [1.165, 1.54) is 0 Å². The smallest absolute Gasteiger partial charge is 0.326 e. The number of benzene rings is 1. The second kappa shape index (κ2) is 7.25. The Morgan fingerprint density at radius 2 is 1.75 bits per heavy atom. The Bertz CT molecular complexity index is 489. The number of hydrogen-bond acceptors (Lipinski definition) is 4. The van der Waals surface area contributed by atoms with Gasteiger partial charge in [0, 0.05) is 0 Å². The molecule has 108 valence electrons. The van der Waals surface area contributed by atoms with Crippen LogP contribution in [0.3, 0.4) is 0 Å². The van der Waals surface area contributed by atoms with Crippen LogP contribution in [-0.4, -0.2) is 40.1 Å². The lowest BCUT2D eigenvalue weighted by Gasteiger charge is -2.16. The number of carboxylic acid groups (broad SMARTS) is 2. The SMILES string of the molecule is N[C@@H](Cc1ccccc1)C(=O)NC(CC(=O)O)C(=O)O. The number of aliphatic carboxylic acids is 2. The zero-order chi connectivity index (χ0) is 15.1. The van der Waals surface area contributed by atoms with E-state index in [2.05, 4.69) is 5.32 Å². The highest BCUT2D eigenvalue weighted by Crippen LogP contribution is 2.02. The molecule has 0 fully saturated rings. The normalized spacial score (nSPS) is 13.2. The van der Waals surface area contributed by atoms with Crippen molar-refractivity contribution in [2.45, 2.75) is 24.9 Å². The fourth-order valence-electron chi connectivity index (χ4n) is 1.61. The first-order valence-corrected chi connectivity index (χ1v) is 5.94. The van der Waals surface area contributed by atoms with Crippen LogP contribution in [0.2, 0.25) is 0 Å². The fourth-order valence-corrected chi connectivity index (χ4v) is 1.61. The van der Waals surface area contributed by atoms with Crippen LogP contribution in [0.4, 0.5) is 0 Å². The van der Waals surface area contributed by atoms with Crippen LogP contribution in [0.15, 0.2) is 30.3 Å². The van der Waals surface area contributed by atoms with Crippen molar-refractivity contribution in [2.75, 3.05) is 0 Å². The Balaban J connectivity index is 2.59. The molecule has 1 aromatic carbocycles. The molecule has 1 aromatic rings. The van der Waals surface area contributed by atoms with Crippen LogP contribution in [-0.2, 0) is 20.8 Å². The standard InChI is InChI=1S/C13H16N2O5/c14-9(6-8-4-2-1-3-5-8)12(18)15-10(13(19)20)7-11(16)17/h1-5,9-10H,6-7,14H2,(H,15,18)(H,16,17)(H,19,20)/t9-,10?/m0/s1. The molecule has 7 heteroatoms. The third-order valence-corrected chi connectivity index (χ3v) is 2.63. The van der Waals surface area contributed by atoms with Gasteiger partial charge in [-0.15, -0.1) is 0 Å². The highest BCUT2D eigenvalue weighted by atomic mass is 16.4. The second-order valence-electron chi connectivity index (χ2n) is 4.29. The van der Waals surface area contributed by atoms with E-state index in [9.17, 15) is 14.4 Å². The molecule has 0 spiro atoms. The molecular weight excluding hydrogens is 264 g/mol. The summed E-state index contributed by atoms with van der Waals surface area (Å²) < 4.78 is 0. The lowest BCUT2D eigenvalue weighted by atomic mass is 10.1. The van der Waals surface area contributed by atoms with E-state index in [1.54, 1.807) is 24.3 Å². The van der Waals surface area contributed by atoms with E-state index in [0.29, 0.717) is 0 Å². The molecule has 0 aliphatic rings. The Kier molecular flexibility index (Phi) is 5.67. The van der Waals surface area contributed by atoms with Gasteiger partial charge in [-0.3, -0.25) is 9.59 Å². The van der Waals surface area contributed by atoms with Gasteiger partial charge in [-0.1, -0.05) is 30.3 Å². The van der Waals surface area contributed by atoms with Gasteiger partial charge in [0.1, 0.15) is 6.04 Å². The quantitative estimate of drug-likeness (QED) is 0.537. The molecular formula is C13H16N2O5. The molecule has 0 saturated heterocycles. The van der Waals surface area contributed by atoms with E-state index in [4.69, 9.17) is 15.9 Å². The maximum atomic E-state index is 11.8. The molecule has 0 aliphatic carbocycles. The first-order chi connectivity index (χ1) is 9.40. The van der Waals surface area contributed by atoms with Gasteiger partial charge in [-0.25, -0.2) is 4.79 Å². The van der Waals surface area contributed by atoms with Crippen LogP contribution >= 0.6 is 0 Å². The van der Waals surface area contributed by atoms with Crippen molar-refractivity contribution >= 4 is 17.8 Å². The molecule has 1 unspecified atom stereocenters. The predicted molar refractivity (Wildman–Crippen MR) is 69.9 cm³/mol. The third kappa shape index (κ3) is 5.07. The molecule has 0 aromatic heterocycles. The summed E-state index contributed by atoms with van der Waals surface area (Å²) in [6.45, 7) is 0. The van der Waals surface area contributed by atoms with E-state index in [0.717, 1.165) is 5.56 Å². The molecule has 20 heavy (non-hydrogen) atoms. The van der Waals surface area contributed by atoms with E-state index in [1.807, 2.05) is 6.07 Å². The molecule has 0 aliphatic heterocycles. The number of nitrogens with one attached hydrogen (secondary N) is 1. The number of hydrogen-bond donors (Lipinski definition) is 4. The highest BCUT2D eigenvalue weighted by Gasteiger charge is 2.25. The summed E-state index contributed by atoms with van der Waals surface area (Å²) in [4.78, 5) is 33.1. The minimum absolute atomic E-state index is 0.242. The molecule has 2 atom stereocenters. The Morgan fingerprint density at radius 1 is 1.15 bits per heavy atom. The summed E-state index contributed by atoms with van der Waals surface area (Å²) in [6, 6.07) is 6.57. The first kappa shape index (κ1) is 15.6. The van der Waals surface area contributed by atoms with E-state index >= 15 is 0 Å². The van der Waals surface area contributed by atoms with Crippen molar-refractivity contribution in [1.82, 2.24) is 5.32 Å². The Labute approximate surface area is 115 Å². The van der Waals surface area contributed by atoms with Gasteiger partial charge in [-0.05, 0) is 12.0 Å². The van der Waals surface area contributed by atoms with Crippen molar-refractivity contribution in [3.05, 3.63) is 35.9 Å².